The predicted molar refractivity (Wildman–Crippen MR) is 126 cm³/mol. The highest BCUT2D eigenvalue weighted by atomic mass is 16.5. The smallest absolute Gasteiger partial charge is 0.139 e. The van der Waals surface area contributed by atoms with Crippen LogP contribution in [0.1, 0.15) is 0 Å². The van der Waals surface area contributed by atoms with Gasteiger partial charge in [-0.15, -0.1) is 0 Å². The molecule has 0 aliphatic heterocycles. The van der Waals surface area contributed by atoms with E-state index in [0.29, 0.717) is 0 Å². The number of aromatic amines is 1. The van der Waals surface area contributed by atoms with E-state index in [1.807, 2.05) is 36.4 Å². The molecule has 0 aliphatic carbocycles. The number of fused-ring (bicyclic) bond motifs is 1. The second-order valence-corrected chi connectivity index (χ2v) is 7.30. The molecule has 4 heteroatoms. The minimum absolute atomic E-state index is 0.795. The topological polar surface area (TPSA) is 47.1 Å². The first-order chi connectivity index (χ1) is 15.3. The van der Waals surface area contributed by atoms with E-state index in [9.17, 15) is 0 Å². The Morgan fingerprint density at radius 1 is 0.677 bits per heavy atom. The summed E-state index contributed by atoms with van der Waals surface area (Å²) >= 11 is 0. The van der Waals surface area contributed by atoms with E-state index in [1.165, 1.54) is 5.39 Å². The minimum Gasteiger partial charge on any atom is -0.497 e. The van der Waals surface area contributed by atoms with Gasteiger partial charge in [0.2, 0.25) is 0 Å². The number of benzene rings is 4. The van der Waals surface area contributed by atoms with Crippen LogP contribution in [0.2, 0.25) is 0 Å². The van der Waals surface area contributed by atoms with E-state index in [1.54, 1.807) is 14.2 Å². The molecule has 0 atom stereocenters. The van der Waals surface area contributed by atoms with Crippen molar-refractivity contribution in [1.82, 2.24) is 9.97 Å². The van der Waals surface area contributed by atoms with Crippen LogP contribution in [0.25, 0.3) is 44.7 Å². The zero-order valence-corrected chi connectivity index (χ0v) is 17.4. The molecule has 5 aromatic rings. The van der Waals surface area contributed by atoms with E-state index in [0.717, 1.165) is 50.8 Å². The van der Waals surface area contributed by atoms with E-state index >= 15 is 0 Å². The summed E-state index contributed by atoms with van der Waals surface area (Å²) in [5.41, 5.74) is 4.87. The molecule has 4 nitrogen and oxygen atoms in total. The van der Waals surface area contributed by atoms with Crippen LogP contribution in [0.15, 0.2) is 91.0 Å². The second kappa shape index (κ2) is 8.00. The molecule has 0 aliphatic rings. The lowest BCUT2D eigenvalue weighted by atomic mass is 10.0. The van der Waals surface area contributed by atoms with Crippen molar-refractivity contribution in [2.75, 3.05) is 14.2 Å². The average molecular weight is 406 g/mol. The average Bonchev–Trinajstić information content (AvgIpc) is 3.29. The van der Waals surface area contributed by atoms with Gasteiger partial charge in [-0.1, -0.05) is 66.7 Å². The Morgan fingerprint density at radius 2 is 1.32 bits per heavy atom. The van der Waals surface area contributed by atoms with Crippen LogP contribution >= 0.6 is 0 Å². The zero-order valence-electron chi connectivity index (χ0n) is 17.4. The third-order valence-electron chi connectivity index (χ3n) is 5.45. The number of nitrogens with zero attached hydrogens (tertiary/aromatic N) is 1. The molecule has 0 spiro atoms. The van der Waals surface area contributed by atoms with Gasteiger partial charge in [0, 0.05) is 16.7 Å². The van der Waals surface area contributed by atoms with E-state index in [-0.39, 0.29) is 0 Å². The number of methoxy groups -OCH3 is 2. The van der Waals surface area contributed by atoms with Crippen molar-refractivity contribution >= 4 is 10.8 Å². The first-order valence-corrected chi connectivity index (χ1v) is 10.1. The lowest BCUT2D eigenvalue weighted by Gasteiger charge is -2.07. The molecule has 0 unspecified atom stereocenters. The molecule has 0 saturated carbocycles. The van der Waals surface area contributed by atoms with E-state index in [2.05, 4.69) is 59.6 Å². The first kappa shape index (κ1) is 18.9. The van der Waals surface area contributed by atoms with Crippen LogP contribution in [-0.2, 0) is 0 Å². The maximum Gasteiger partial charge on any atom is 0.139 e. The molecule has 152 valence electrons. The molecule has 0 radical (unpaired) electrons. The van der Waals surface area contributed by atoms with Gasteiger partial charge in [-0.05, 0) is 35.0 Å². The van der Waals surface area contributed by atoms with Crippen molar-refractivity contribution in [3.05, 3.63) is 91.0 Å². The van der Waals surface area contributed by atoms with Crippen LogP contribution in [-0.4, -0.2) is 24.2 Å². The maximum absolute atomic E-state index is 5.45. The van der Waals surface area contributed by atoms with Gasteiger partial charge in [0.1, 0.15) is 17.3 Å². The van der Waals surface area contributed by atoms with Crippen LogP contribution in [0.3, 0.4) is 0 Å². The zero-order chi connectivity index (χ0) is 21.2. The van der Waals surface area contributed by atoms with Crippen molar-refractivity contribution in [3.63, 3.8) is 0 Å². The lowest BCUT2D eigenvalue weighted by Crippen LogP contribution is -1.88. The summed E-state index contributed by atoms with van der Waals surface area (Å²) in [5, 5.41) is 2.34. The van der Waals surface area contributed by atoms with Gasteiger partial charge in [0.05, 0.1) is 25.6 Å². The summed E-state index contributed by atoms with van der Waals surface area (Å²) < 4.78 is 10.9. The SMILES string of the molecule is COc1cccc(-c2nc(-c3cccc4ccccc34)[nH]c2-c2cccc(OC)c2)c1. The third-order valence-corrected chi connectivity index (χ3v) is 5.45. The molecular weight excluding hydrogens is 384 g/mol. The molecule has 5 rings (SSSR count). The fraction of sp³-hybridized carbons (Fsp3) is 0.0741. The second-order valence-electron chi connectivity index (χ2n) is 7.30. The van der Waals surface area contributed by atoms with Gasteiger partial charge in [-0.3, -0.25) is 0 Å². The molecule has 0 fully saturated rings. The fourth-order valence-corrected chi connectivity index (χ4v) is 3.90. The molecule has 1 N–H and O–H groups in total. The molecule has 0 amide bonds. The van der Waals surface area contributed by atoms with Crippen molar-refractivity contribution in [1.29, 1.82) is 0 Å². The number of hydrogen-bond acceptors (Lipinski definition) is 3. The third kappa shape index (κ3) is 3.53. The van der Waals surface area contributed by atoms with Crippen molar-refractivity contribution in [2.45, 2.75) is 0 Å². The number of hydrogen-bond donors (Lipinski definition) is 1. The van der Waals surface area contributed by atoms with Crippen LogP contribution in [0, 0.1) is 0 Å². The maximum atomic E-state index is 5.45. The molecule has 0 saturated heterocycles. The van der Waals surface area contributed by atoms with Gasteiger partial charge in [0.25, 0.3) is 0 Å². The summed E-state index contributed by atoms with van der Waals surface area (Å²) in [4.78, 5) is 8.64. The molecule has 4 aromatic carbocycles. The largest absolute Gasteiger partial charge is 0.497 e. The minimum atomic E-state index is 0.795. The van der Waals surface area contributed by atoms with Gasteiger partial charge < -0.3 is 14.5 Å². The molecular formula is C27H22N2O2. The highest BCUT2D eigenvalue weighted by Crippen LogP contribution is 2.37. The van der Waals surface area contributed by atoms with Gasteiger partial charge >= 0.3 is 0 Å². The molecule has 1 heterocycles. The Balaban J connectivity index is 1.75. The lowest BCUT2D eigenvalue weighted by molar-refractivity contribution is 0.415. The summed E-state index contributed by atoms with van der Waals surface area (Å²) in [6.45, 7) is 0. The van der Waals surface area contributed by atoms with E-state index < -0.39 is 0 Å². The number of imidazole rings is 1. The standard InChI is InChI=1S/C27H22N2O2/c1-30-21-12-5-10-19(16-21)25-26(20-11-6-13-22(17-20)31-2)29-27(28-25)24-15-7-9-18-8-3-4-14-23(18)24/h3-17H,1-2H3,(H,28,29). The predicted octanol–water partition coefficient (Wildman–Crippen LogP) is 6.58. The van der Waals surface area contributed by atoms with Crippen molar-refractivity contribution < 1.29 is 9.47 Å². The van der Waals surface area contributed by atoms with Crippen molar-refractivity contribution in [3.8, 4) is 45.4 Å². The molecule has 31 heavy (non-hydrogen) atoms. The molecule has 0 bridgehead atoms. The molecule has 1 aromatic heterocycles. The number of rotatable bonds is 5. The van der Waals surface area contributed by atoms with Crippen molar-refractivity contribution in [2.24, 2.45) is 0 Å². The highest BCUT2D eigenvalue weighted by molar-refractivity contribution is 5.96. The Hall–Kier alpha value is -4.05. The Morgan fingerprint density at radius 3 is 2.10 bits per heavy atom. The van der Waals surface area contributed by atoms with Gasteiger partial charge in [-0.2, -0.15) is 0 Å². The fourth-order valence-electron chi connectivity index (χ4n) is 3.90. The number of ether oxygens (including phenoxy) is 2. The Bertz CT molecular complexity index is 1300. The van der Waals surface area contributed by atoms with Crippen LogP contribution < -0.4 is 9.47 Å². The normalized spacial score (nSPS) is 10.9. The quantitative estimate of drug-likeness (QED) is 0.358. The summed E-state index contributed by atoms with van der Waals surface area (Å²) in [6.07, 6.45) is 0. The number of H-pyrrole nitrogens is 1. The number of nitrogens with one attached hydrogen (secondary N) is 1. The van der Waals surface area contributed by atoms with Gasteiger partial charge in [-0.25, -0.2) is 4.98 Å². The van der Waals surface area contributed by atoms with Gasteiger partial charge in [0.15, 0.2) is 0 Å². The van der Waals surface area contributed by atoms with Crippen LogP contribution in [0.5, 0.6) is 11.5 Å². The van der Waals surface area contributed by atoms with E-state index in [4.69, 9.17) is 14.5 Å². The highest BCUT2D eigenvalue weighted by Gasteiger charge is 2.17. The van der Waals surface area contributed by atoms with Crippen LogP contribution in [0.4, 0.5) is 0 Å². The Kier molecular flexibility index (Phi) is 4.89. The summed E-state index contributed by atoms with van der Waals surface area (Å²) in [6, 6.07) is 30.6. The summed E-state index contributed by atoms with van der Waals surface area (Å²) in [5.74, 6) is 2.42. The number of aromatic nitrogens is 2. The summed E-state index contributed by atoms with van der Waals surface area (Å²) in [7, 11) is 3.35. The monoisotopic (exact) mass is 406 g/mol. The Labute approximate surface area is 181 Å². The first-order valence-electron chi connectivity index (χ1n) is 10.1.